The van der Waals surface area contributed by atoms with Crippen molar-refractivity contribution in [2.45, 2.75) is 13.5 Å². The molecule has 0 aromatic carbocycles. The van der Waals surface area contributed by atoms with Gasteiger partial charge in [-0.1, -0.05) is 11.6 Å². The maximum Gasteiger partial charge on any atom is 0.152 e. The molecule has 0 atom stereocenters. The van der Waals surface area contributed by atoms with Crippen LogP contribution in [0, 0.1) is 18.3 Å². The quantitative estimate of drug-likeness (QED) is 0.864. The van der Waals surface area contributed by atoms with E-state index < -0.39 is 0 Å². The molecule has 2 aromatic heterocycles. The molecule has 0 fully saturated rings. The van der Waals surface area contributed by atoms with Crippen molar-refractivity contribution in [3.8, 4) is 6.07 Å². The molecule has 0 aliphatic heterocycles. The summed E-state index contributed by atoms with van der Waals surface area (Å²) < 4.78 is 1.88. The van der Waals surface area contributed by atoms with E-state index in [2.05, 4.69) is 16.4 Å². The zero-order chi connectivity index (χ0) is 13.1. The molecule has 18 heavy (non-hydrogen) atoms. The second-order valence-corrected chi connectivity index (χ2v) is 4.36. The van der Waals surface area contributed by atoms with Crippen LogP contribution in [0.15, 0.2) is 24.4 Å². The number of anilines is 1. The van der Waals surface area contributed by atoms with E-state index in [0.717, 1.165) is 16.9 Å². The van der Waals surface area contributed by atoms with Crippen molar-refractivity contribution in [3.05, 3.63) is 46.5 Å². The Balaban J connectivity index is 2.17. The second kappa shape index (κ2) is 5.11. The molecule has 0 spiro atoms. The zero-order valence-electron chi connectivity index (χ0n) is 10.2. The maximum atomic E-state index is 8.96. The molecule has 0 saturated carbocycles. The second-order valence-electron chi connectivity index (χ2n) is 4.01. The van der Waals surface area contributed by atoms with E-state index in [1.807, 2.05) is 36.7 Å². The molecule has 0 saturated heterocycles. The molecule has 0 aliphatic rings. The standard InChI is InChI=1S/C13H13ClN4/c1-9-10(6-11(7-15)18(9)2)8-17-12-4-3-5-16-13(12)14/h3-6,17H,8H2,1-2H3. The van der Waals surface area contributed by atoms with Crippen molar-refractivity contribution in [1.29, 1.82) is 5.26 Å². The fraction of sp³-hybridized carbons (Fsp3) is 0.231. The van der Waals surface area contributed by atoms with Gasteiger partial charge in [-0.2, -0.15) is 5.26 Å². The highest BCUT2D eigenvalue weighted by atomic mass is 35.5. The predicted octanol–water partition coefficient (Wildman–Crippen LogP) is 2.87. The molecule has 4 nitrogen and oxygen atoms in total. The van der Waals surface area contributed by atoms with Crippen molar-refractivity contribution < 1.29 is 0 Å². The molecule has 0 aliphatic carbocycles. The number of halogens is 1. The molecule has 2 heterocycles. The van der Waals surface area contributed by atoms with Crippen molar-refractivity contribution in [1.82, 2.24) is 9.55 Å². The van der Waals surface area contributed by atoms with Gasteiger partial charge in [0.2, 0.25) is 0 Å². The van der Waals surface area contributed by atoms with Crippen LogP contribution in [0.3, 0.4) is 0 Å². The molecule has 2 aromatic rings. The summed E-state index contributed by atoms with van der Waals surface area (Å²) in [5.41, 5.74) is 3.59. The predicted molar refractivity (Wildman–Crippen MR) is 71.4 cm³/mol. The summed E-state index contributed by atoms with van der Waals surface area (Å²) in [6.07, 6.45) is 1.65. The minimum Gasteiger partial charge on any atom is -0.378 e. The number of nitriles is 1. The van der Waals surface area contributed by atoms with E-state index >= 15 is 0 Å². The highest BCUT2D eigenvalue weighted by Gasteiger charge is 2.08. The Kier molecular flexibility index (Phi) is 3.54. The SMILES string of the molecule is Cc1c(CNc2cccnc2Cl)cc(C#N)n1C. The van der Waals surface area contributed by atoms with Gasteiger partial charge < -0.3 is 9.88 Å². The Hall–Kier alpha value is -1.99. The van der Waals surface area contributed by atoms with Crippen LogP contribution in [0.2, 0.25) is 5.15 Å². The number of pyridine rings is 1. The Bertz CT molecular complexity index is 610. The molecule has 92 valence electrons. The molecular weight excluding hydrogens is 248 g/mol. The first-order valence-corrected chi connectivity index (χ1v) is 5.91. The summed E-state index contributed by atoms with van der Waals surface area (Å²) in [4.78, 5) is 4.00. The third kappa shape index (κ3) is 2.31. The Labute approximate surface area is 111 Å². The first-order valence-electron chi connectivity index (χ1n) is 5.53. The number of nitrogens with zero attached hydrogens (tertiary/aromatic N) is 3. The van der Waals surface area contributed by atoms with Gasteiger partial charge in [0.15, 0.2) is 5.15 Å². The van der Waals surface area contributed by atoms with Gasteiger partial charge in [0, 0.05) is 25.5 Å². The van der Waals surface area contributed by atoms with Crippen LogP contribution in [0.25, 0.3) is 0 Å². The molecule has 5 heteroatoms. The Morgan fingerprint density at radius 3 is 2.94 bits per heavy atom. The van der Waals surface area contributed by atoms with Crippen molar-refractivity contribution in [2.75, 3.05) is 5.32 Å². The average molecular weight is 261 g/mol. The van der Waals surface area contributed by atoms with E-state index in [4.69, 9.17) is 16.9 Å². The summed E-state index contributed by atoms with van der Waals surface area (Å²) in [7, 11) is 1.88. The lowest BCUT2D eigenvalue weighted by atomic mass is 10.2. The Morgan fingerprint density at radius 2 is 2.33 bits per heavy atom. The highest BCUT2D eigenvalue weighted by molar-refractivity contribution is 6.31. The fourth-order valence-electron chi connectivity index (χ4n) is 1.76. The minimum absolute atomic E-state index is 0.451. The van der Waals surface area contributed by atoms with Gasteiger partial charge in [0.25, 0.3) is 0 Å². The summed E-state index contributed by atoms with van der Waals surface area (Å²) in [6.45, 7) is 2.61. The van der Waals surface area contributed by atoms with Gasteiger partial charge in [-0.25, -0.2) is 4.98 Å². The van der Waals surface area contributed by atoms with Gasteiger partial charge in [0.1, 0.15) is 11.8 Å². The lowest BCUT2D eigenvalue weighted by Crippen LogP contribution is -2.02. The van der Waals surface area contributed by atoms with Crippen LogP contribution in [0.1, 0.15) is 17.0 Å². The fourth-order valence-corrected chi connectivity index (χ4v) is 1.94. The normalized spacial score (nSPS) is 10.1. The third-order valence-electron chi connectivity index (χ3n) is 2.98. The summed E-state index contributed by atoms with van der Waals surface area (Å²) in [5, 5.41) is 12.6. The van der Waals surface area contributed by atoms with Crippen LogP contribution >= 0.6 is 11.6 Å². The highest BCUT2D eigenvalue weighted by Crippen LogP contribution is 2.20. The molecular formula is C13H13ClN4. The largest absolute Gasteiger partial charge is 0.378 e. The van der Waals surface area contributed by atoms with Crippen molar-refractivity contribution in [2.24, 2.45) is 7.05 Å². The molecule has 2 rings (SSSR count). The number of aromatic nitrogens is 2. The van der Waals surface area contributed by atoms with Crippen molar-refractivity contribution >= 4 is 17.3 Å². The first kappa shape index (κ1) is 12.5. The summed E-state index contributed by atoms with van der Waals surface area (Å²) >= 11 is 5.96. The van der Waals surface area contributed by atoms with Crippen LogP contribution in [0.5, 0.6) is 0 Å². The third-order valence-corrected chi connectivity index (χ3v) is 3.28. The topological polar surface area (TPSA) is 53.6 Å². The average Bonchev–Trinajstić information content (AvgIpc) is 2.65. The lowest BCUT2D eigenvalue weighted by molar-refractivity contribution is 0.856. The van der Waals surface area contributed by atoms with Crippen molar-refractivity contribution in [3.63, 3.8) is 0 Å². The van der Waals surface area contributed by atoms with Gasteiger partial charge >= 0.3 is 0 Å². The van der Waals surface area contributed by atoms with E-state index in [1.54, 1.807) is 6.20 Å². The van der Waals surface area contributed by atoms with Crippen LogP contribution < -0.4 is 5.32 Å². The minimum atomic E-state index is 0.451. The number of hydrogen-bond donors (Lipinski definition) is 1. The monoisotopic (exact) mass is 260 g/mol. The van der Waals surface area contributed by atoms with Gasteiger partial charge in [-0.3, -0.25) is 0 Å². The van der Waals surface area contributed by atoms with Crippen LogP contribution in [0.4, 0.5) is 5.69 Å². The van der Waals surface area contributed by atoms with E-state index in [1.165, 1.54) is 0 Å². The molecule has 0 radical (unpaired) electrons. The molecule has 0 bridgehead atoms. The lowest BCUT2D eigenvalue weighted by Gasteiger charge is -2.07. The van der Waals surface area contributed by atoms with Gasteiger partial charge in [-0.15, -0.1) is 0 Å². The van der Waals surface area contributed by atoms with E-state index in [0.29, 0.717) is 17.4 Å². The number of nitrogens with one attached hydrogen (secondary N) is 1. The molecule has 0 unspecified atom stereocenters. The number of hydrogen-bond acceptors (Lipinski definition) is 3. The smallest absolute Gasteiger partial charge is 0.152 e. The van der Waals surface area contributed by atoms with E-state index in [9.17, 15) is 0 Å². The summed E-state index contributed by atoms with van der Waals surface area (Å²) in [6, 6.07) is 7.74. The zero-order valence-corrected chi connectivity index (χ0v) is 11.0. The van der Waals surface area contributed by atoms with Crippen LogP contribution in [-0.2, 0) is 13.6 Å². The number of rotatable bonds is 3. The van der Waals surface area contributed by atoms with Crippen LogP contribution in [-0.4, -0.2) is 9.55 Å². The first-order chi connectivity index (χ1) is 8.63. The van der Waals surface area contributed by atoms with E-state index in [-0.39, 0.29) is 0 Å². The maximum absolute atomic E-state index is 8.96. The Morgan fingerprint density at radius 1 is 1.56 bits per heavy atom. The molecule has 1 N–H and O–H groups in total. The van der Waals surface area contributed by atoms with Gasteiger partial charge in [-0.05, 0) is 30.7 Å². The molecule has 0 amide bonds. The summed E-state index contributed by atoms with van der Waals surface area (Å²) in [5.74, 6) is 0. The van der Waals surface area contributed by atoms with Gasteiger partial charge in [0.05, 0.1) is 5.69 Å².